The van der Waals surface area contributed by atoms with Gasteiger partial charge in [-0.05, 0) is 17.7 Å². The Morgan fingerprint density at radius 2 is 1.20 bits per heavy atom. The first-order valence-electron chi connectivity index (χ1n) is 7.11. The average molecular weight is 363 g/mol. The van der Waals surface area contributed by atoms with Crippen LogP contribution in [0.4, 0.5) is 0 Å². The molecule has 0 atom stereocenters. The molecule has 1 heterocycles. The molecule has 130 valence electrons. The molecule has 0 N–H and O–H groups in total. The van der Waals surface area contributed by atoms with E-state index in [-0.39, 0.29) is 0 Å². The van der Waals surface area contributed by atoms with Crippen LogP contribution in [0, 0.1) is 10.2 Å². The first-order chi connectivity index (χ1) is 11.9. The van der Waals surface area contributed by atoms with E-state index in [4.69, 9.17) is 27.8 Å². The quantitative estimate of drug-likeness (QED) is 0.613. The molecule has 1 aromatic heterocycles. The lowest BCUT2D eigenvalue weighted by Crippen LogP contribution is -2.68. The van der Waals surface area contributed by atoms with Crippen molar-refractivity contribution in [2.45, 2.75) is 0 Å². The van der Waals surface area contributed by atoms with Gasteiger partial charge >= 0.3 is 5.95 Å². The summed E-state index contributed by atoms with van der Waals surface area (Å²) in [6, 6.07) is 24.2. The molecule has 0 saturated carbocycles. The van der Waals surface area contributed by atoms with Gasteiger partial charge in [-0.3, -0.25) is 4.42 Å². The van der Waals surface area contributed by atoms with Crippen LogP contribution in [0.25, 0.3) is 22.5 Å². The van der Waals surface area contributed by atoms with E-state index in [1.807, 2.05) is 60.7 Å². The molecule has 0 aliphatic carbocycles. The van der Waals surface area contributed by atoms with Crippen molar-refractivity contribution in [1.82, 2.24) is 0 Å². The van der Waals surface area contributed by atoms with Crippen LogP contribution in [0.3, 0.4) is 0 Å². The number of hydrogen-bond acceptors (Lipinski definition) is 5. The highest BCUT2D eigenvalue weighted by atomic mass is 35.7. The lowest BCUT2D eigenvalue weighted by atomic mass is 10.0. The lowest BCUT2D eigenvalue weighted by molar-refractivity contribution is -2.00. The van der Waals surface area contributed by atoms with Crippen molar-refractivity contribution >= 4 is 0 Å². The molecular weight excluding hydrogens is 348 g/mol. The lowest BCUT2D eigenvalue weighted by Gasteiger charge is -2.17. The normalized spacial score (nSPS) is 10.6. The average Bonchev–Trinajstić information content (AvgIpc) is 2.61. The molecule has 6 nitrogen and oxygen atoms in total. The number of hydrogen-bond donors (Lipinski definition) is 0. The summed E-state index contributed by atoms with van der Waals surface area (Å²) in [5, 5.41) is 0. The van der Waals surface area contributed by atoms with Crippen molar-refractivity contribution in [1.29, 1.82) is 0 Å². The Balaban J connectivity index is 0.000000399. The molecule has 0 aliphatic rings. The molecule has 0 unspecified atom stereocenters. The molecule has 0 spiro atoms. The molecule has 25 heavy (non-hydrogen) atoms. The Bertz CT molecular complexity index is 724. The monoisotopic (exact) mass is 362 g/mol. The zero-order valence-electron chi connectivity index (χ0n) is 13.3. The highest BCUT2D eigenvalue weighted by molar-refractivity contribution is 5.70. The zero-order valence-corrected chi connectivity index (χ0v) is 14.0. The molecule has 0 fully saturated rings. The van der Waals surface area contributed by atoms with E-state index in [2.05, 4.69) is 12.1 Å². The van der Waals surface area contributed by atoms with E-state index < -0.39 is 10.2 Å². The van der Waals surface area contributed by atoms with E-state index in [1.165, 1.54) is 0 Å². The maximum atomic E-state index is 8.49. The minimum absolute atomic E-state index is 0.505. The van der Waals surface area contributed by atoms with Crippen molar-refractivity contribution in [2.24, 2.45) is 0 Å². The highest BCUT2D eigenvalue weighted by Crippen LogP contribution is 2.31. The second-order valence-corrected chi connectivity index (χ2v) is 5.60. The number of rotatable bonds is 3. The summed E-state index contributed by atoms with van der Waals surface area (Å²) in [5.41, 5.74) is 3.25. The van der Waals surface area contributed by atoms with E-state index in [1.54, 1.807) is 7.11 Å². The summed E-state index contributed by atoms with van der Waals surface area (Å²) in [6.45, 7) is 0. The highest BCUT2D eigenvalue weighted by Gasteiger charge is 2.15. The second-order valence-electron chi connectivity index (χ2n) is 4.84. The predicted molar refractivity (Wildman–Crippen MR) is 80.5 cm³/mol. The first kappa shape index (κ1) is 18.9. The minimum atomic E-state index is -4.94. The Hall–Kier alpha value is -2.48. The van der Waals surface area contributed by atoms with Gasteiger partial charge in [-0.25, -0.2) is 18.6 Å². The fourth-order valence-corrected chi connectivity index (χ4v) is 2.12. The van der Waals surface area contributed by atoms with Gasteiger partial charge in [0.25, 0.3) is 5.76 Å². The standard InChI is InChI=1S/C18H15O2.ClHO4/c1-19-18-13-16(14-8-4-2-5-9-14)12-17(20-18)15-10-6-3-7-11-15;2-1(3,4)5/h2-13H,1H3;(H,2,3,4,5)/q+1;/p-1. The third-order valence-electron chi connectivity index (χ3n) is 3.14. The Morgan fingerprint density at radius 3 is 1.68 bits per heavy atom. The van der Waals surface area contributed by atoms with Crippen LogP contribution in [-0.4, -0.2) is 7.11 Å². The van der Waals surface area contributed by atoms with Gasteiger partial charge in [-0.15, -0.1) is 10.2 Å². The van der Waals surface area contributed by atoms with Crippen LogP contribution >= 0.6 is 0 Å². The molecular formula is C18H15ClO6. The van der Waals surface area contributed by atoms with Crippen LogP contribution in [0.2, 0.25) is 0 Å². The maximum Gasteiger partial charge on any atom is 0.518 e. The molecule has 7 heteroatoms. The largest absolute Gasteiger partial charge is 0.518 e. The molecule has 0 saturated heterocycles. The number of methoxy groups -OCH3 is 1. The van der Waals surface area contributed by atoms with E-state index >= 15 is 0 Å². The summed E-state index contributed by atoms with van der Waals surface area (Å²) in [7, 11) is -3.33. The zero-order chi connectivity index (χ0) is 18.3. The van der Waals surface area contributed by atoms with Crippen LogP contribution in [0.15, 0.2) is 77.2 Å². The van der Waals surface area contributed by atoms with Gasteiger partial charge in [0.2, 0.25) is 0 Å². The summed E-state index contributed by atoms with van der Waals surface area (Å²) in [6.07, 6.45) is 0. The molecule has 0 bridgehead atoms. The van der Waals surface area contributed by atoms with Gasteiger partial charge in [0, 0.05) is 17.2 Å². The summed E-state index contributed by atoms with van der Waals surface area (Å²) < 4.78 is 45.0. The minimum Gasteiger partial charge on any atom is -0.321 e. The molecule has 3 rings (SSSR count). The van der Waals surface area contributed by atoms with Gasteiger partial charge < -0.3 is 4.74 Å². The summed E-state index contributed by atoms with van der Waals surface area (Å²) >= 11 is 0. The van der Waals surface area contributed by atoms with E-state index in [0.29, 0.717) is 5.95 Å². The van der Waals surface area contributed by atoms with Gasteiger partial charge in [0.1, 0.15) is 0 Å². The van der Waals surface area contributed by atoms with E-state index in [9.17, 15) is 0 Å². The van der Waals surface area contributed by atoms with Crippen LogP contribution < -0.4 is 23.4 Å². The topological polar surface area (TPSA) is 113 Å². The van der Waals surface area contributed by atoms with Gasteiger partial charge in [0.05, 0.1) is 6.07 Å². The number of halogens is 1. The Kier molecular flexibility index (Phi) is 6.46. The third-order valence-corrected chi connectivity index (χ3v) is 3.14. The van der Waals surface area contributed by atoms with Crippen LogP contribution in [-0.2, 0) is 0 Å². The fourth-order valence-electron chi connectivity index (χ4n) is 2.12. The third kappa shape index (κ3) is 6.50. The number of benzene rings is 2. The molecule has 0 radical (unpaired) electrons. The molecule has 0 amide bonds. The van der Waals surface area contributed by atoms with Crippen LogP contribution in [0.1, 0.15) is 0 Å². The van der Waals surface area contributed by atoms with Gasteiger partial charge in [-0.1, -0.05) is 48.5 Å². The molecule has 3 aromatic rings. The Labute approximate surface area is 146 Å². The van der Waals surface area contributed by atoms with Crippen molar-refractivity contribution in [3.05, 3.63) is 72.8 Å². The van der Waals surface area contributed by atoms with Crippen molar-refractivity contribution in [3.8, 4) is 28.4 Å². The summed E-state index contributed by atoms with van der Waals surface area (Å²) in [4.78, 5) is 0. The maximum absolute atomic E-state index is 8.49. The Morgan fingerprint density at radius 1 is 0.720 bits per heavy atom. The van der Waals surface area contributed by atoms with Crippen LogP contribution in [0.5, 0.6) is 5.95 Å². The first-order valence-corrected chi connectivity index (χ1v) is 8.35. The van der Waals surface area contributed by atoms with Gasteiger partial charge in [0.15, 0.2) is 7.11 Å². The summed E-state index contributed by atoms with van der Waals surface area (Å²) in [5.74, 6) is 1.30. The second kappa shape index (κ2) is 8.57. The molecule has 0 aliphatic heterocycles. The fraction of sp³-hybridized carbons (Fsp3) is 0.0556. The van der Waals surface area contributed by atoms with Crippen molar-refractivity contribution in [3.63, 3.8) is 0 Å². The smallest absolute Gasteiger partial charge is 0.321 e. The van der Waals surface area contributed by atoms with Crippen molar-refractivity contribution < 1.29 is 38.0 Å². The van der Waals surface area contributed by atoms with Crippen molar-refractivity contribution in [2.75, 3.05) is 7.11 Å². The number of ether oxygens (including phenoxy) is 1. The van der Waals surface area contributed by atoms with Gasteiger partial charge in [-0.2, -0.15) is 0 Å². The predicted octanol–water partition coefficient (Wildman–Crippen LogP) is 0.147. The SMILES string of the molecule is COc1cc(-c2ccccc2)cc(-c2ccccc2)[o+]1.[O-][Cl+3]([O-])([O-])[O-]. The molecule has 2 aromatic carbocycles. The van der Waals surface area contributed by atoms with E-state index in [0.717, 1.165) is 22.5 Å².